The molecule has 0 amide bonds. The lowest BCUT2D eigenvalue weighted by Crippen LogP contribution is -2.07. The first kappa shape index (κ1) is 10.1. The normalized spacial score (nSPS) is 10.6. The van der Waals surface area contributed by atoms with Crippen molar-refractivity contribution in [1.29, 1.82) is 0 Å². The van der Waals surface area contributed by atoms with Crippen LogP contribution in [0.15, 0.2) is 30.5 Å². The average Bonchev–Trinajstić information content (AvgIpc) is 2.61. The van der Waals surface area contributed by atoms with E-state index in [0.29, 0.717) is 10.7 Å². The largest absolute Gasteiger partial charge is 0.325 e. The van der Waals surface area contributed by atoms with Crippen molar-refractivity contribution in [2.24, 2.45) is 5.73 Å². The van der Waals surface area contributed by atoms with E-state index in [0.717, 1.165) is 5.69 Å². The lowest BCUT2D eigenvalue weighted by Gasteiger charge is -2.05. The van der Waals surface area contributed by atoms with Gasteiger partial charge in [-0.25, -0.2) is 9.07 Å². The zero-order chi connectivity index (χ0) is 10.8. The number of hydrogen-bond donors (Lipinski definition) is 1. The van der Waals surface area contributed by atoms with Gasteiger partial charge in [0.05, 0.1) is 22.6 Å². The van der Waals surface area contributed by atoms with Crippen LogP contribution in [0, 0.1) is 5.82 Å². The van der Waals surface area contributed by atoms with Crippen LogP contribution in [0.1, 0.15) is 5.69 Å². The van der Waals surface area contributed by atoms with E-state index in [2.05, 4.69) is 5.10 Å². The van der Waals surface area contributed by atoms with E-state index in [1.165, 1.54) is 18.3 Å². The molecule has 0 aliphatic heterocycles. The lowest BCUT2D eigenvalue weighted by molar-refractivity contribution is 0.626. The second-order valence-corrected chi connectivity index (χ2v) is 3.44. The maximum absolute atomic E-state index is 12.7. The van der Waals surface area contributed by atoms with Crippen molar-refractivity contribution in [1.82, 2.24) is 9.78 Å². The van der Waals surface area contributed by atoms with Gasteiger partial charge in [-0.2, -0.15) is 5.10 Å². The second kappa shape index (κ2) is 4.00. The van der Waals surface area contributed by atoms with Crippen molar-refractivity contribution >= 4 is 11.6 Å². The molecule has 0 spiro atoms. The molecule has 0 fully saturated rings. The second-order valence-electron chi connectivity index (χ2n) is 3.03. The molecular formula is C10H9ClFN3. The Morgan fingerprint density at radius 3 is 2.60 bits per heavy atom. The SMILES string of the molecule is NCc1c(Cl)cnn1-c1ccc(F)cc1. The molecule has 1 heterocycles. The van der Waals surface area contributed by atoms with E-state index in [9.17, 15) is 4.39 Å². The highest BCUT2D eigenvalue weighted by Gasteiger charge is 2.08. The van der Waals surface area contributed by atoms with Crippen LogP contribution in [0.4, 0.5) is 4.39 Å². The molecule has 0 atom stereocenters. The van der Waals surface area contributed by atoms with Crippen LogP contribution < -0.4 is 5.73 Å². The van der Waals surface area contributed by atoms with Crippen molar-refractivity contribution in [3.63, 3.8) is 0 Å². The fourth-order valence-corrected chi connectivity index (χ4v) is 1.54. The summed E-state index contributed by atoms with van der Waals surface area (Å²) < 4.78 is 14.3. The van der Waals surface area contributed by atoms with Crippen LogP contribution in [0.2, 0.25) is 5.02 Å². The van der Waals surface area contributed by atoms with Crippen LogP contribution in [-0.4, -0.2) is 9.78 Å². The number of rotatable bonds is 2. The Kier molecular flexibility index (Phi) is 2.70. The molecule has 0 bridgehead atoms. The van der Waals surface area contributed by atoms with E-state index in [4.69, 9.17) is 17.3 Å². The Hall–Kier alpha value is -1.39. The van der Waals surface area contributed by atoms with Gasteiger partial charge in [0.25, 0.3) is 0 Å². The first-order valence-corrected chi connectivity index (χ1v) is 4.78. The summed E-state index contributed by atoms with van der Waals surface area (Å²) in [5, 5.41) is 4.58. The summed E-state index contributed by atoms with van der Waals surface area (Å²) >= 11 is 5.89. The molecule has 2 aromatic rings. The van der Waals surface area contributed by atoms with Gasteiger partial charge in [-0.05, 0) is 24.3 Å². The summed E-state index contributed by atoms with van der Waals surface area (Å²) in [4.78, 5) is 0. The van der Waals surface area contributed by atoms with Crippen LogP contribution in [-0.2, 0) is 6.54 Å². The fourth-order valence-electron chi connectivity index (χ4n) is 1.34. The molecule has 0 saturated heterocycles. The Labute approximate surface area is 91.3 Å². The third kappa shape index (κ3) is 1.86. The quantitative estimate of drug-likeness (QED) is 0.851. The van der Waals surface area contributed by atoms with E-state index in [-0.39, 0.29) is 12.4 Å². The Balaban J connectivity index is 2.49. The van der Waals surface area contributed by atoms with Gasteiger partial charge in [-0.3, -0.25) is 0 Å². The minimum atomic E-state index is -0.286. The number of benzene rings is 1. The maximum Gasteiger partial charge on any atom is 0.123 e. The molecule has 0 saturated carbocycles. The van der Waals surface area contributed by atoms with Crippen LogP contribution >= 0.6 is 11.6 Å². The molecule has 1 aromatic heterocycles. The van der Waals surface area contributed by atoms with Crippen molar-refractivity contribution in [3.05, 3.63) is 47.0 Å². The highest BCUT2D eigenvalue weighted by atomic mass is 35.5. The number of aromatic nitrogens is 2. The number of nitrogens with two attached hydrogens (primary N) is 1. The summed E-state index contributed by atoms with van der Waals surface area (Å²) in [5.74, 6) is -0.286. The molecule has 5 heteroatoms. The summed E-state index contributed by atoms with van der Waals surface area (Å²) in [6, 6.07) is 5.98. The number of hydrogen-bond acceptors (Lipinski definition) is 2. The topological polar surface area (TPSA) is 43.8 Å². The minimum Gasteiger partial charge on any atom is -0.325 e. The Morgan fingerprint density at radius 1 is 1.33 bits per heavy atom. The smallest absolute Gasteiger partial charge is 0.123 e. The summed E-state index contributed by atoms with van der Waals surface area (Å²) in [6.07, 6.45) is 1.52. The van der Waals surface area contributed by atoms with Crippen molar-refractivity contribution in [2.45, 2.75) is 6.54 Å². The zero-order valence-corrected chi connectivity index (χ0v) is 8.58. The lowest BCUT2D eigenvalue weighted by atomic mass is 10.3. The van der Waals surface area contributed by atoms with Crippen molar-refractivity contribution in [2.75, 3.05) is 0 Å². The van der Waals surface area contributed by atoms with Gasteiger partial charge in [0.15, 0.2) is 0 Å². The minimum absolute atomic E-state index is 0.286. The monoisotopic (exact) mass is 225 g/mol. The molecule has 2 rings (SSSR count). The molecule has 0 radical (unpaired) electrons. The molecule has 0 unspecified atom stereocenters. The predicted octanol–water partition coefficient (Wildman–Crippen LogP) is 2.12. The highest BCUT2D eigenvalue weighted by molar-refractivity contribution is 6.31. The molecule has 1 aromatic carbocycles. The van der Waals surface area contributed by atoms with Crippen LogP contribution in [0.5, 0.6) is 0 Å². The summed E-state index contributed by atoms with van der Waals surface area (Å²) in [7, 11) is 0. The standard InChI is InChI=1S/C10H9ClFN3/c11-9-6-14-15(10(9)5-13)8-3-1-7(12)2-4-8/h1-4,6H,5,13H2. The predicted molar refractivity (Wildman–Crippen MR) is 56.4 cm³/mol. The van der Waals surface area contributed by atoms with Crippen molar-refractivity contribution < 1.29 is 4.39 Å². The fraction of sp³-hybridized carbons (Fsp3) is 0.100. The maximum atomic E-state index is 12.7. The molecule has 0 aliphatic carbocycles. The number of halogens is 2. The Bertz CT molecular complexity index is 464. The summed E-state index contributed by atoms with van der Waals surface area (Å²) in [6.45, 7) is 0.288. The van der Waals surface area contributed by atoms with Crippen LogP contribution in [0.25, 0.3) is 5.69 Å². The molecule has 15 heavy (non-hydrogen) atoms. The molecule has 0 aliphatic rings. The third-order valence-electron chi connectivity index (χ3n) is 2.08. The molecule has 2 N–H and O–H groups in total. The van der Waals surface area contributed by atoms with Gasteiger partial charge >= 0.3 is 0 Å². The van der Waals surface area contributed by atoms with Gasteiger partial charge in [0.1, 0.15) is 5.82 Å². The van der Waals surface area contributed by atoms with Gasteiger partial charge < -0.3 is 5.73 Å². The van der Waals surface area contributed by atoms with Gasteiger partial charge in [0, 0.05) is 6.54 Å². The molecular weight excluding hydrogens is 217 g/mol. The third-order valence-corrected chi connectivity index (χ3v) is 2.40. The van der Waals surface area contributed by atoms with Crippen LogP contribution in [0.3, 0.4) is 0 Å². The first-order valence-electron chi connectivity index (χ1n) is 4.41. The Morgan fingerprint density at radius 2 is 2.00 bits per heavy atom. The average molecular weight is 226 g/mol. The van der Waals surface area contributed by atoms with E-state index in [1.54, 1.807) is 16.8 Å². The van der Waals surface area contributed by atoms with Gasteiger partial charge in [0.2, 0.25) is 0 Å². The number of nitrogens with zero attached hydrogens (tertiary/aromatic N) is 2. The van der Waals surface area contributed by atoms with E-state index >= 15 is 0 Å². The van der Waals surface area contributed by atoms with E-state index < -0.39 is 0 Å². The van der Waals surface area contributed by atoms with Crippen molar-refractivity contribution in [3.8, 4) is 5.69 Å². The highest BCUT2D eigenvalue weighted by Crippen LogP contribution is 2.18. The molecule has 78 valence electrons. The van der Waals surface area contributed by atoms with Gasteiger partial charge in [-0.1, -0.05) is 11.6 Å². The first-order chi connectivity index (χ1) is 7.22. The zero-order valence-electron chi connectivity index (χ0n) is 7.82. The van der Waals surface area contributed by atoms with Gasteiger partial charge in [-0.15, -0.1) is 0 Å². The van der Waals surface area contributed by atoms with E-state index in [1.807, 2.05) is 0 Å². The summed E-state index contributed by atoms with van der Waals surface area (Å²) in [5.41, 5.74) is 6.99. The molecule has 3 nitrogen and oxygen atoms in total.